The second-order valence-corrected chi connectivity index (χ2v) is 4.62. The van der Waals surface area contributed by atoms with Crippen molar-refractivity contribution in [2.75, 3.05) is 7.05 Å². The van der Waals surface area contributed by atoms with E-state index in [1.54, 1.807) is 5.01 Å². The van der Waals surface area contributed by atoms with Crippen molar-refractivity contribution in [3.63, 3.8) is 0 Å². The van der Waals surface area contributed by atoms with E-state index in [1.807, 2.05) is 42.8 Å². The number of hydrazone groups is 1. The Morgan fingerprint density at radius 3 is 2.94 bits per heavy atom. The molecule has 0 atom stereocenters. The molecule has 0 unspecified atom stereocenters. The maximum atomic E-state index is 5.78. The molecule has 0 radical (unpaired) electrons. The molecule has 2 aromatic rings. The van der Waals surface area contributed by atoms with Gasteiger partial charge in [0.25, 0.3) is 0 Å². The van der Waals surface area contributed by atoms with Crippen molar-refractivity contribution in [1.29, 1.82) is 0 Å². The third-order valence-corrected chi connectivity index (χ3v) is 3.23. The van der Waals surface area contributed by atoms with Gasteiger partial charge in [0.15, 0.2) is 10.9 Å². The van der Waals surface area contributed by atoms with Gasteiger partial charge in [0.2, 0.25) is 0 Å². The fourth-order valence-electron chi connectivity index (χ4n) is 1.74. The first-order valence-corrected chi connectivity index (χ1v) is 6.05. The highest BCUT2D eigenvalue weighted by atomic mass is 32.2. The summed E-state index contributed by atoms with van der Waals surface area (Å²) in [4.78, 5) is 0. The first-order valence-electron chi connectivity index (χ1n) is 5.17. The van der Waals surface area contributed by atoms with Crippen molar-refractivity contribution in [2.24, 2.45) is 10.8 Å². The summed E-state index contributed by atoms with van der Waals surface area (Å²) in [5.41, 5.74) is 7.43. The van der Waals surface area contributed by atoms with E-state index in [9.17, 15) is 0 Å². The Morgan fingerprint density at radius 2 is 2.18 bits per heavy atom. The molecule has 1 aromatic carbocycles. The number of amidine groups is 1. The van der Waals surface area contributed by atoms with Gasteiger partial charge < -0.3 is 10.2 Å². The zero-order valence-corrected chi connectivity index (χ0v) is 10.1. The van der Waals surface area contributed by atoms with Crippen LogP contribution in [0.3, 0.4) is 0 Å². The fraction of sp³-hybridized carbons (Fsp3) is 0.0833. The summed E-state index contributed by atoms with van der Waals surface area (Å²) in [5.74, 6) is 0.803. The first-order chi connectivity index (χ1) is 8.24. The molecule has 1 aromatic heterocycles. The maximum absolute atomic E-state index is 5.78. The van der Waals surface area contributed by atoms with Crippen molar-refractivity contribution in [3.8, 4) is 0 Å². The molecule has 1 aliphatic rings. The molecular weight excluding hydrogens is 234 g/mol. The van der Waals surface area contributed by atoms with Crippen LogP contribution in [0.4, 0.5) is 0 Å². The summed E-state index contributed by atoms with van der Waals surface area (Å²) in [5, 5.41) is 9.47. The van der Waals surface area contributed by atoms with Gasteiger partial charge in [-0.25, -0.2) is 0 Å². The predicted molar refractivity (Wildman–Crippen MR) is 71.2 cm³/mol. The van der Waals surface area contributed by atoms with E-state index in [4.69, 9.17) is 10.2 Å². The van der Waals surface area contributed by atoms with Crippen molar-refractivity contribution in [2.45, 2.75) is 0 Å². The number of para-hydroxylation sites is 1. The van der Waals surface area contributed by atoms with Crippen LogP contribution in [0.25, 0.3) is 16.7 Å². The standard InChI is InChI=1S/C12H11N3OS/c1-15-9(7-17-12(13)14-15)11-6-8-4-2-3-5-10(8)16-11/h2-7H,1H3,(H2,13,14). The van der Waals surface area contributed by atoms with Gasteiger partial charge in [-0.1, -0.05) is 30.0 Å². The number of hydrogen-bond acceptors (Lipinski definition) is 5. The molecule has 1 aliphatic heterocycles. The number of rotatable bonds is 1. The second-order valence-electron chi connectivity index (χ2n) is 3.73. The third kappa shape index (κ3) is 1.78. The summed E-state index contributed by atoms with van der Waals surface area (Å²) < 4.78 is 5.78. The molecule has 0 fully saturated rings. The molecule has 0 spiro atoms. The lowest BCUT2D eigenvalue weighted by Crippen LogP contribution is -2.19. The maximum Gasteiger partial charge on any atom is 0.182 e. The van der Waals surface area contributed by atoms with Crippen molar-refractivity contribution in [1.82, 2.24) is 5.01 Å². The Labute approximate surface area is 103 Å². The van der Waals surface area contributed by atoms with Gasteiger partial charge in [-0.3, -0.25) is 5.01 Å². The summed E-state index contributed by atoms with van der Waals surface area (Å²) >= 11 is 1.40. The minimum absolute atomic E-state index is 0.535. The molecule has 0 saturated heterocycles. The highest BCUT2D eigenvalue weighted by Gasteiger charge is 2.16. The molecular formula is C12H11N3OS. The molecule has 0 amide bonds. The zero-order valence-electron chi connectivity index (χ0n) is 9.25. The number of nitrogens with two attached hydrogens (primary N) is 1. The van der Waals surface area contributed by atoms with Crippen molar-refractivity contribution in [3.05, 3.63) is 41.5 Å². The number of fused-ring (bicyclic) bond motifs is 1. The molecule has 86 valence electrons. The van der Waals surface area contributed by atoms with E-state index in [0.29, 0.717) is 5.17 Å². The van der Waals surface area contributed by atoms with Gasteiger partial charge in [0, 0.05) is 17.8 Å². The van der Waals surface area contributed by atoms with Crippen LogP contribution < -0.4 is 5.73 Å². The Hall–Kier alpha value is -1.88. The number of benzene rings is 1. The van der Waals surface area contributed by atoms with Crippen LogP contribution >= 0.6 is 11.8 Å². The fourth-order valence-corrected chi connectivity index (χ4v) is 2.41. The predicted octanol–water partition coefficient (Wildman–Crippen LogP) is 2.64. The van der Waals surface area contributed by atoms with Crippen LogP contribution in [0.15, 0.2) is 45.3 Å². The molecule has 17 heavy (non-hydrogen) atoms. The minimum Gasteiger partial charge on any atom is -0.454 e. The molecule has 4 nitrogen and oxygen atoms in total. The van der Waals surface area contributed by atoms with Gasteiger partial charge in [-0.05, 0) is 12.1 Å². The van der Waals surface area contributed by atoms with Gasteiger partial charge in [0.05, 0.1) is 0 Å². The summed E-state index contributed by atoms with van der Waals surface area (Å²) in [7, 11) is 1.85. The number of furan rings is 1. The Bertz CT molecular complexity index is 596. The Balaban J connectivity index is 2.05. The molecule has 0 saturated carbocycles. The van der Waals surface area contributed by atoms with E-state index in [1.165, 1.54) is 11.8 Å². The third-order valence-electron chi connectivity index (χ3n) is 2.57. The van der Waals surface area contributed by atoms with Crippen LogP contribution in [-0.4, -0.2) is 17.2 Å². The molecule has 3 rings (SSSR count). The molecule has 5 heteroatoms. The van der Waals surface area contributed by atoms with E-state index < -0.39 is 0 Å². The van der Waals surface area contributed by atoms with Crippen LogP contribution in [-0.2, 0) is 0 Å². The highest BCUT2D eigenvalue weighted by Crippen LogP contribution is 2.30. The average molecular weight is 245 g/mol. The topological polar surface area (TPSA) is 54.8 Å². The van der Waals surface area contributed by atoms with Gasteiger partial charge in [-0.2, -0.15) is 0 Å². The smallest absolute Gasteiger partial charge is 0.182 e. The highest BCUT2D eigenvalue weighted by molar-refractivity contribution is 8.16. The van der Waals surface area contributed by atoms with Crippen LogP contribution in [0.2, 0.25) is 0 Å². The minimum atomic E-state index is 0.535. The monoisotopic (exact) mass is 245 g/mol. The Kier molecular flexibility index (Phi) is 2.33. The number of nitrogens with zero attached hydrogens (tertiary/aromatic N) is 2. The molecule has 0 aliphatic carbocycles. The lowest BCUT2D eigenvalue weighted by Gasteiger charge is -2.19. The van der Waals surface area contributed by atoms with Gasteiger partial charge in [0.1, 0.15) is 11.3 Å². The number of thioether (sulfide) groups is 1. The van der Waals surface area contributed by atoms with E-state index >= 15 is 0 Å². The van der Waals surface area contributed by atoms with Gasteiger partial charge >= 0.3 is 0 Å². The largest absolute Gasteiger partial charge is 0.454 e. The SMILES string of the molecule is CN1N=C(N)SC=C1c1cc2ccccc2o1. The van der Waals surface area contributed by atoms with Crippen LogP contribution in [0.1, 0.15) is 5.76 Å². The Morgan fingerprint density at radius 1 is 1.35 bits per heavy atom. The normalized spacial score (nSPS) is 15.9. The number of hydrogen-bond donors (Lipinski definition) is 1. The summed E-state index contributed by atoms with van der Waals surface area (Å²) in [6, 6.07) is 9.93. The molecule has 2 heterocycles. The van der Waals surface area contributed by atoms with E-state index in [2.05, 4.69) is 5.10 Å². The molecule has 0 bridgehead atoms. The van der Waals surface area contributed by atoms with Crippen molar-refractivity contribution >= 4 is 33.6 Å². The van der Waals surface area contributed by atoms with Crippen LogP contribution in [0.5, 0.6) is 0 Å². The van der Waals surface area contributed by atoms with Gasteiger partial charge in [-0.15, -0.1) is 5.10 Å². The summed E-state index contributed by atoms with van der Waals surface area (Å²) in [6.45, 7) is 0. The quantitative estimate of drug-likeness (QED) is 0.839. The van der Waals surface area contributed by atoms with Crippen molar-refractivity contribution < 1.29 is 4.42 Å². The molecule has 2 N–H and O–H groups in total. The van der Waals surface area contributed by atoms with Crippen LogP contribution in [0, 0.1) is 0 Å². The lowest BCUT2D eigenvalue weighted by molar-refractivity contribution is 0.486. The van der Waals surface area contributed by atoms with E-state index in [0.717, 1.165) is 22.4 Å². The van der Waals surface area contributed by atoms with E-state index in [-0.39, 0.29) is 0 Å². The zero-order chi connectivity index (χ0) is 11.8. The average Bonchev–Trinajstić information content (AvgIpc) is 2.72. The lowest BCUT2D eigenvalue weighted by atomic mass is 10.2. The summed E-state index contributed by atoms with van der Waals surface area (Å²) in [6.07, 6.45) is 0. The first kappa shape index (κ1) is 10.3. The second kappa shape index (κ2) is 3.85.